The Kier molecular flexibility index (Phi) is 5.75. The van der Waals surface area contributed by atoms with Gasteiger partial charge >= 0.3 is 5.97 Å². The molecule has 0 spiro atoms. The molecule has 7 nitrogen and oxygen atoms in total. The molecule has 0 aromatic heterocycles. The zero-order chi connectivity index (χ0) is 18.4. The lowest BCUT2D eigenvalue weighted by molar-refractivity contribution is -0.154. The van der Waals surface area contributed by atoms with E-state index < -0.39 is 24.6 Å². The lowest BCUT2D eigenvalue weighted by Crippen LogP contribution is -2.31. The second kappa shape index (κ2) is 8.39. The van der Waals surface area contributed by atoms with Gasteiger partial charge in [-0.15, -0.1) is 0 Å². The molecule has 8 heteroatoms. The average Bonchev–Trinajstić information content (AvgIpc) is 3.15. The third-order valence-corrected chi connectivity index (χ3v) is 4.10. The zero-order valence-corrected chi connectivity index (χ0v) is 14.9. The molecule has 0 fully saturated rings. The maximum absolute atomic E-state index is 12.2. The average molecular weight is 371 g/mol. The van der Waals surface area contributed by atoms with Gasteiger partial charge in [-0.25, -0.2) is 4.79 Å². The van der Waals surface area contributed by atoms with Gasteiger partial charge in [0.15, 0.2) is 12.7 Å². The van der Waals surface area contributed by atoms with Crippen molar-refractivity contribution in [3.05, 3.63) is 48.5 Å². The molecular formula is C18H17N3O4S. The third-order valence-electron chi connectivity index (χ3n) is 3.56. The largest absolute Gasteiger partial charge is 0.479 e. The van der Waals surface area contributed by atoms with Crippen LogP contribution in [0, 0.1) is 0 Å². The quantitative estimate of drug-likeness (QED) is 0.641. The van der Waals surface area contributed by atoms with Crippen LogP contribution in [0.25, 0.3) is 0 Å². The topological polar surface area (TPSA) is 89.3 Å². The van der Waals surface area contributed by atoms with Gasteiger partial charge in [-0.1, -0.05) is 31.2 Å². The molecule has 0 saturated carbocycles. The van der Waals surface area contributed by atoms with Crippen LogP contribution in [0.5, 0.6) is 5.75 Å². The molecule has 1 aliphatic heterocycles. The van der Waals surface area contributed by atoms with Gasteiger partial charge in [0.2, 0.25) is 0 Å². The van der Waals surface area contributed by atoms with E-state index in [4.69, 9.17) is 9.47 Å². The second-order valence-corrected chi connectivity index (χ2v) is 5.95. The van der Waals surface area contributed by atoms with Gasteiger partial charge < -0.3 is 14.8 Å². The van der Waals surface area contributed by atoms with E-state index in [0.717, 1.165) is 11.4 Å². The maximum atomic E-state index is 12.2. The number of carbonyl (C=O) groups is 2. The number of esters is 1. The number of fused-ring (bicyclic) bond motifs is 1. The molecule has 3 rings (SSSR count). The number of ether oxygens (including phenoxy) is 2. The van der Waals surface area contributed by atoms with E-state index in [0.29, 0.717) is 29.2 Å². The SMILES string of the molecule is CC[C@@H](Oc1ccccc1)C(=O)OCC(=O)Nc1cccc2c1N=S=N2. The number of anilines is 1. The molecule has 1 N–H and O–H groups in total. The van der Waals surface area contributed by atoms with E-state index in [9.17, 15) is 9.59 Å². The number of hydrogen-bond acceptors (Lipinski definition) is 6. The molecule has 1 amide bonds. The standard InChI is InChI=1S/C18H17N3O4S/c1-2-15(25-12-7-4-3-5-8-12)18(23)24-11-16(22)19-13-9-6-10-14-17(13)21-26-20-14/h3-10,15H,2,11H2,1H3,(H,19,22)/t15-/m1/s1. The van der Waals surface area contributed by atoms with E-state index in [1.807, 2.05) is 25.1 Å². The second-order valence-electron chi connectivity index (χ2n) is 5.42. The maximum Gasteiger partial charge on any atom is 0.347 e. The number of benzene rings is 2. The molecule has 0 unspecified atom stereocenters. The number of hydrogen-bond donors (Lipinski definition) is 1. The fraction of sp³-hybridized carbons (Fsp3) is 0.222. The first-order chi connectivity index (χ1) is 12.7. The normalized spacial score (nSPS) is 12.7. The summed E-state index contributed by atoms with van der Waals surface area (Å²) in [5.74, 6) is -0.461. The van der Waals surface area contributed by atoms with Crippen molar-refractivity contribution in [2.75, 3.05) is 11.9 Å². The van der Waals surface area contributed by atoms with E-state index in [1.165, 1.54) is 0 Å². The first kappa shape index (κ1) is 17.8. The summed E-state index contributed by atoms with van der Waals surface area (Å²) in [7, 11) is 0. The van der Waals surface area contributed by atoms with Crippen LogP contribution in [0.2, 0.25) is 0 Å². The summed E-state index contributed by atoms with van der Waals surface area (Å²) in [4.78, 5) is 24.2. The molecule has 1 heterocycles. The predicted molar refractivity (Wildman–Crippen MR) is 98.7 cm³/mol. The Morgan fingerprint density at radius 3 is 2.69 bits per heavy atom. The predicted octanol–water partition coefficient (Wildman–Crippen LogP) is 3.75. The Balaban J connectivity index is 1.53. The molecule has 0 aliphatic carbocycles. The molecule has 0 radical (unpaired) electrons. The van der Waals surface area contributed by atoms with Crippen LogP contribution in [-0.4, -0.2) is 24.6 Å². The van der Waals surface area contributed by atoms with Crippen LogP contribution in [0.1, 0.15) is 13.3 Å². The minimum Gasteiger partial charge on any atom is -0.479 e. The van der Waals surface area contributed by atoms with Gasteiger partial charge in [0, 0.05) is 0 Å². The van der Waals surface area contributed by atoms with Crippen molar-refractivity contribution in [3.8, 4) is 5.75 Å². The fourth-order valence-electron chi connectivity index (χ4n) is 2.28. The summed E-state index contributed by atoms with van der Waals surface area (Å²) in [6, 6.07) is 14.3. The smallest absolute Gasteiger partial charge is 0.347 e. The highest BCUT2D eigenvalue weighted by molar-refractivity contribution is 7.58. The van der Waals surface area contributed by atoms with Crippen LogP contribution in [0.15, 0.2) is 57.3 Å². The van der Waals surface area contributed by atoms with Crippen molar-refractivity contribution >= 4 is 40.3 Å². The van der Waals surface area contributed by atoms with Crippen molar-refractivity contribution in [2.45, 2.75) is 19.4 Å². The van der Waals surface area contributed by atoms with Gasteiger partial charge in [-0.05, 0) is 30.7 Å². The Morgan fingerprint density at radius 2 is 1.92 bits per heavy atom. The number of rotatable bonds is 7. The van der Waals surface area contributed by atoms with E-state index >= 15 is 0 Å². The zero-order valence-electron chi connectivity index (χ0n) is 14.0. The number of carbonyl (C=O) groups excluding carboxylic acids is 2. The molecule has 1 aliphatic rings. The summed E-state index contributed by atoms with van der Waals surface area (Å²) >= 11 is 1.07. The molecule has 0 saturated heterocycles. The minimum absolute atomic E-state index is 0.401. The Hall–Kier alpha value is -3.00. The number of para-hydroxylation sites is 1. The molecule has 2 aromatic carbocycles. The summed E-state index contributed by atoms with van der Waals surface area (Å²) in [6.45, 7) is 1.41. The van der Waals surface area contributed by atoms with Gasteiger partial charge in [0.1, 0.15) is 17.1 Å². The van der Waals surface area contributed by atoms with E-state index in [2.05, 4.69) is 14.0 Å². The Bertz CT molecular complexity index is 879. The minimum atomic E-state index is -0.767. The molecular weight excluding hydrogens is 354 g/mol. The van der Waals surface area contributed by atoms with E-state index in [1.54, 1.807) is 30.3 Å². The number of nitrogens with zero attached hydrogens (tertiary/aromatic N) is 2. The van der Waals surface area contributed by atoms with Crippen molar-refractivity contribution < 1.29 is 19.1 Å². The summed E-state index contributed by atoms with van der Waals surface area (Å²) in [5.41, 5.74) is 1.84. The third kappa shape index (κ3) is 4.34. The highest BCUT2D eigenvalue weighted by Gasteiger charge is 2.21. The van der Waals surface area contributed by atoms with Crippen LogP contribution < -0.4 is 10.1 Å². The van der Waals surface area contributed by atoms with Gasteiger partial charge in [0.25, 0.3) is 5.91 Å². The summed E-state index contributed by atoms with van der Waals surface area (Å²) in [5, 5.41) is 2.68. The van der Waals surface area contributed by atoms with Crippen molar-refractivity contribution in [1.29, 1.82) is 0 Å². The lowest BCUT2D eigenvalue weighted by Gasteiger charge is -2.16. The van der Waals surface area contributed by atoms with Crippen molar-refractivity contribution in [2.24, 2.45) is 8.73 Å². The van der Waals surface area contributed by atoms with Crippen LogP contribution >= 0.6 is 0 Å². The molecule has 0 bridgehead atoms. The summed E-state index contributed by atoms with van der Waals surface area (Å²) in [6.07, 6.45) is -0.338. The molecule has 2 aromatic rings. The highest BCUT2D eigenvalue weighted by Crippen LogP contribution is 2.38. The van der Waals surface area contributed by atoms with Crippen molar-refractivity contribution in [1.82, 2.24) is 0 Å². The van der Waals surface area contributed by atoms with Crippen molar-refractivity contribution in [3.63, 3.8) is 0 Å². The first-order valence-electron chi connectivity index (χ1n) is 8.07. The monoisotopic (exact) mass is 371 g/mol. The van der Waals surface area contributed by atoms with Gasteiger partial charge in [-0.2, -0.15) is 8.73 Å². The Morgan fingerprint density at radius 1 is 1.12 bits per heavy atom. The first-order valence-corrected chi connectivity index (χ1v) is 8.80. The van der Waals surface area contributed by atoms with Gasteiger partial charge in [-0.3, -0.25) is 4.79 Å². The van der Waals surface area contributed by atoms with Gasteiger partial charge in [0.05, 0.1) is 17.0 Å². The number of amides is 1. The lowest BCUT2D eigenvalue weighted by atomic mass is 10.2. The van der Waals surface area contributed by atoms with Crippen LogP contribution in [0.4, 0.5) is 17.1 Å². The highest BCUT2D eigenvalue weighted by atomic mass is 32.1. The van der Waals surface area contributed by atoms with Crippen LogP contribution in [-0.2, 0) is 25.7 Å². The summed E-state index contributed by atoms with van der Waals surface area (Å²) < 4.78 is 18.9. The Labute approximate surface area is 154 Å². The molecule has 1 atom stereocenters. The molecule has 26 heavy (non-hydrogen) atoms. The van der Waals surface area contributed by atoms with E-state index in [-0.39, 0.29) is 0 Å². The molecule has 134 valence electrons. The number of nitrogens with one attached hydrogen (secondary N) is 1. The van der Waals surface area contributed by atoms with Crippen LogP contribution in [0.3, 0.4) is 0 Å². The fourth-order valence-corrected chi connectivity index (χ4v) is 2.83.